The van der Waals surface area contributed by atoms with Crippen LogP contribution in [0.25, 0.3) is 0 Å². The van der Waals surface area contributed by atoms with Crippen LogP contribution >= 0.6 is 0 Å². The Morgan fingerprint density at radius 2 is 0.885 bits per heavy atom. The molecule has 0 amide bonds. The summed E-state index contributed by atoms with van der Waals surface area (Å²) in [5.74, 6) is -1.63. The maximum absolute atomic E-state index is 12.7. The smallest absolute Gasteiger partial charge is 0.306 e. The highest BCUT2D eigenvalue weighted by molar-refractivity contribution is 5.70. The summed E-state index contributed by atoms with van der Waals surface area (Å²) in [6.07, 6.45) is 37.7. The molecular weight excluding hydrogens is 652 g/mol. The quantitative estimate of drug-likeness (QED) is 0.0418. The number of rotatable bonds is 41. The summed E-state index contributed by atoms with van der Waals surface area (Å²) in [7, 11) is 0. The first kappa shape index (κ1) is 49.9. The number of nitrogens with one attached hydrogen (secondary N) is 1. The summed E-state index contributed by atoms with van der Waals surface area (Å²) < 4.78 is 11.2. The van der Waals surface area contributed by atoms with Gasteiger partial charge in [0.05, 0.1) is 19.0 Å². The van der Waals surface area contributed by atoms with Crippen LogP contribution in [0.3, 0.4) is 0 Å². The molecule has 0 radical (unpaired) electrons. The van der Waals surface area contributed by atoms with Crippen molar-refractivity contribution < 1.29 is 29.0 Å². The first-order valence-electron chi connectivity index (χ1n) is 22.0. The average molecular weight is 737 g/mol. The third-order valence-electron chi connectivity index (χ3n) is 10.1. The van der Waals surface area contributed by atoms with Gasteiger partial charge in [-0.25, -0.2) is 0 Å². The summed E-state index contributed by atoms with van der Waals surface area (Å²) >= 11 is 0. The van der Waals surface area contributed by atoms with Crippen molar-refractivity contribution in [2.24, 2.45) is 5.73 Å². The van der Waals surface area contributed by atoms with Crippen LogP contribution in [-0.4, -0.2) is 48.3 Å². The van der Waals surface area contributed by atoms with Crippen molar-refractivity contribution in [3.05, 3.63) is 12.3 Å². The molecule has 0 saturated carbocycles. The number of nitrogens with two attached hydrogens (primary N) is 1. The predicted octanol–water partition coefficient (Wildman–Crippen LogP) is 11.9. The minimum Gasteiger partial charge on any atom is -0.481 e. The molecule has 4 N–H and O–H groups in total. The first-order valence-corrected chi connectivity index (χ1v) is 22.0. The van der Waals surface area contributed by atoms with Crippen LogP contribution in [0.2, 0.25) is 0 Å². The van der Waals surface area contributed by atoms with Crippen LogP contribution in [0, 0.1) is 0 Å². The Morgan fingerprint density at radius 3 is 1.23 bits per heavy atom. The second-order valence-corrected chi connectivity index (χ2v) is 15.3. The lowest BCUT2D eigenvalue weighted by Crippen LogP contribution is -2.39. The van der Waals surface area contributed by atoms with Gasteiger partial charge in [-0.3, -0.25) is 14.4 Å². The predicted molar refractivity (Wildman–Crippen MR) is 217 cm³/mol. The molecule has 0 rings (SSSR count). The summed E-state index contributed by atoms with van der Waals surface area (Å²) in [6, 6.07) is -0.776. The van der Waals surface area contributed by atoms with Gasteiger partial charge in [-0.15, -0.1) is 0 Å². The Kier molecular flexibility index (Phi) is 37.1. The van der Waals surface area contributed by atoms with Crippen LogP contribution in [0.15, 0.2) is 12.3 Å². The normalized spacial score (nSPS) is 12.4. The van der Waals surface area contributed by atoms with Crippen molar-refractivity contribution in [2.45, 2.75) is 238 Å². The van der Waals surface area contributed by atoms with Gasteiger partial charge in [-0.1, -0.05) is 200 Å². The molecule has 0 saturated heterocycles. The SMILES string of the molecule is C=C(NCC(COC(=O)CCCCCCCCCCCCCCCCC)OC(=O)CCCCCCCCCCCCCCCCC)C(N)CC(=O)O. The van der Waals surface area contributed by atoms with Gasteiger partial charge in [-0.05, 0) is 12.8 Å². The van der Waals surface area contributed by atoms with Crippen LogP contribution < -0.4 is 11.1 Å². The van der Waals surface area contributed by atoms with E-state index in [0.717, 1.165) is 38.5 Å². The molecule has 52 heavy (non-hydrogen) atoms. The Hall–Kier alpha value is -2.09. The molecule has 8 heteroatoms. The second-order valence-electron chi connectivity index (χ2n) is 15.3. The van der Waals surface area contributed by atoms with E-state index < -0.39 is 18.1 Å². The van der Waals surface area contributed by atoms with Crippen molar-refractivity contribution in [2.75, 3.05) is 13.2 Å². The number of hydrogen-bond donors (Lipinski definition) is 3. The van der Waals surface area contributed by atoms with Gasteiger partial charge in [0.1, 0.15) is 6.61 Å². The van der Waals surface area contributed by atoms with E-state index in [0.29, 0.717) is 18.5 Å². The molecular formula is C44H84N2O6. The highest BCUT2D eigenvalue weighted by Crippen LogP contribution is 2.16. The van der Waals surface area contributed by atoms with Crippen molar-refractivity contribution in [3.8, 4) is 0 Å². The van der Waals surface area contributed by atoms with E-state index in [2.05, 4.69) is 25.7 Å². The molecule has 0 aromatic heterocycles. The number of carbonyl (C=O) groups is 3. The molecule has 0 aliphatic carbocycles. The van der Waals surface area contributed by atoms with Gasteiger partial charge >= 0.3 is 17.9 Å². The van der Waals surface area contributed by atoms with Crippen LogP contribution in [0.5, 0.6) is 0 Å². The standard InChI is InChI=1S/C44H84N2O6/c1-4-6-8-10-12-14-16-18-20-22-24-26-28-30-32-34-43(49)51-38-40(37-46-39(3)41(45)36-42(47)48)52-44(50)35-33-31-29-27-25-23-21-19-17-15-13-11-9-7-5-2/h40-41,46H,3-38,45H2,1-2H3,(H,47,48). The number of carboxylic acid groups (broad SMARTS) is 1. The molecule has 0 aromatic rings. The maximum Gasteiger partial charge on any atom is 0.306 e. The van der Waals surface area contributed by atoms with Crippen molar-refractivity contribution in [3.63, 3.8) is 0 Å². The van der Waals surface area contributed by atoms with Crippen LogP contribution in [0.1, 0.15) is 226 Å². The lowest BCUT2D eigenvalue weighted by Gasteiger charge is -2.21. The largest absolute Gasteiger partial charge is 0.481 e. The van der Waals surface area contributed by atoms with E-state index in [1.54, 1.807) is 0 Å². The highest BCUT2D eigenvalue weighted by Gasteiger charge is 2.19. The number of unbranched alkanes of at least 4 members (excludes halogenated alkanes) is 28. The zero-order valence-corrected chi connectivity index (χ0v) is 34.2. The molecule has 0 fully saturated rings. The number of carboxylic acids is 1. The third-order valence-corrected chi connectivity index (χ3v) is 10.1. The first-order chi connectivity index (χ1) is 25.3. The summed E-state index contributed by atoms with van der Waals surface area (Å²) in [5, 5.41) is 12.0. The molecule has 2 unspecified atom stereocenters. The van der Waals surface area contributed by atoms with E-state index in [9.17, 15) is 14.4 Å². The molecule has 8 nitrogen and oxygen atoms in total. The fourth-order valence-electron chi connectivity index (χ4n) is 6.61. The van der Waals surface area contributed by atoms with E-state index in [-0.39, 0.29) is 31.5 Å². The van der Waals surface area contributed by atoms with E-state index in [1.165, 1.54) is 154 Å². The maximum atomic E-state index is 12.7. The lowest BCUT2D eigenvalue weighted by atomic mass is 10.0. The second kappa shape index (κ2) is 38.6. The zero-order chi connectivity index (χ0) is 38.3. The topological polar surface area (TPSA) is 128 Å². The van der Waals surface area contributed by atoms with Gasteiger partial charge in [0, 0.05) is 18.5 Å². The number of esters is 2. The van der Waals surface area contributed by atoms with Crippen molar-refractivity contribution in [1.82, 2.24) is 5.32 Å². The lowest BCUT2D eigenvalue weighted by molar-refractivity contribution is -0.158. The van der Waals surface area contributed by atoms with Crippen molar-refractivity contribution >= 4 is 17.9 Å². The van der Waals surface area contributed by atoms with Gasteiger partial charge in [0.2, 0.25) is 0 Å². The van der Waals surface area contributed by atoms with E-state index in [1.807, 2.05) is 0 Å². The summed E-state index contributed by atoms with van der Waals surface area (Å²) in [4.78, 5) is 36.2. The zero-order valence-electron chi connectivity index (χ0n) is 34.2. The Labute approximate surface area is 320 Å². The van der Waals surface area contributed by atoms with Gasteiger partial charge < -0.3 is 25.6 Å². The minimum absolute atomic E-state index is 0.0589. The molecule has 306 valence electrons. The Morgan fingerprint density at radius 1 is 0.558 bits per heavy atom. The minimum atomic E-state index is -1.02. The monoisotopic (exact) mass is 737 g/mol. The number of aliphatic carboxylic acids is 1. The number of carbonyl (C=O) groups excluding carboxylic acids is 2. The van der Waals surface area contributed by atoms with Crippen molar-refractivity contribution in [1.29, 1.82) is 0 Å². The Balaban J connectivity index is 4.17. The molecule has 0 aromatic carbocycles. The molecule has 2 atom stereocenters. The van der Waals surface area contributed by atoms with E-state index >= 15 is 0 Å². The molecule has 0 bridgehead atoms. The molecule has 0 aliphatic rings. The van der Waals surface area contributed by atoms with Crippen LogP contribution in [-0.2, 0) is 23.9 Å². The van der Waals surface area contributed by atoms with Gasteiger partial charge in [0.25, 0.3) is 0 Å². The number of ether oxygens (including phenoxy) is 2. The summed E-state index contributed by atoms with van der Waals surface area (Å²) in [6.45, 7) is 8.44. The van der Waals surface area contributed by atoms with E-state index in [4.69, 9.17) is 20.3 Å². The van der Waals surface area contributed by atoms with Gasteiger partial charge in [-0.2, -0.15) is 0 Å². The summed E-state index contributed by atoms with van der Waals surface area (Å²) in [5.41, 5.74) is 6.25. The van der Waals surface area contributed by atoms with Crippen LogP contribution in [0.4, 0.5) is 0 Å². The third kappa shape index (κ3) is 36.3. The fraction of sp³-hybridized carbons (Fsp3) is 0.886. The fourth-order valence-corrected chi connectivity index (χ4v) is 6.61. The highest BCUT2D eigenvalue weighted by atomic mass is 16.6. The molecule has 0 spiro atoms. The number of hydrogen-bond acceptors (Lipinski definition) is 7. The Bertz CT molecular complexity index is 851. The molecule has 0 aliphatic heterocycles. The molecule has 0 heterocycles. The van der Waals surface area contributed by atoms with Gasteiger partial charge in [0.15, 0.2) is 6.10 Å². The average Bonchev–Trinajstić information content (AvgIpc) is 3.12.